The summed E-state index contributed by atoms with van der Waals surface area (Å²) in [5.41, 5.74) is 1.53. The minimum absolute atomic E-state index is 0.0721. The highest BCUT2D eigenvalue weighted by Crippen LogP contribution is 2.37. The molecule has 0 aromatic carbocycles. The Labute approximate surface area is 183 Å². The monoisotopic (exact) mass is 498 g/mol. The molecule has 0 spiro atoms. The zero-order chi connectivity index (χ0) is 21.5. The number of carbonyl (C=O) groups is 1. The van der Waals surface area contributed by atoms with Crippen LogP contribution >= 0.6 is 15.9 Å². The molecule has 4 rings (SSSR count). The Morgan fingerprint density at radius 1 is 1.33 bits per heavy atom. The van der Waals surface area contributed by atoms with Crippen LogP contribution in [0.5, 0.6) is 5.88 Å². The number of sulfonamides is 1. The Balaban J connectivity index is 1.59. The molecule has 2 aliphatic rings. The van der Waals surface area contributed by atoms with Gasteiger partial charge in [-0.05, 0) is 60.5 Å². The maximum Gasteiger partial charge on any atom is 0.325 e. The molecule has 0 radical (unpaired) electrons. The third kappa shape index (κ3) is 3.97. The van der Waals surface area contributed by atoms with E-state index < -0.39 is 22.0 Å². The largest absolute Gasteiger partial charge is 0.480 e. The van der Waals surface area contributed by atoms with Crippen molar-refractivity contribution in [2.45, 2.75) is 62.1 Å². The normalized spacial score (nSPS) is 19.4. The molecule has 2 aromatic heterocycles. The van der Waals surface area contributed by atoms with Crippen LogP contribution in [0.25, 0.3) is 0 Å². The molecule has 2 aromatic rings. The van der Waals surface area contributed by atoms with E-state index in [2.05, 4.69) is 26.0 Å². The summed E-state index contributed by atoms with van der Waals surface area (Å²) in [4.78, 5) is 15.4. The van der Waals surface area contributed by atoms with Gasteiger partial charge >= 0.3 is 5.97 Å². The van der Waals surface area contributed by atoms with Crippen molar-refractivity contribution in [2.75, 3.05) is 7.05 Å². The molecule has 30 heavy (non-hydrogen) atoms. The van der Waals surface area contributed by atoms with E-state index >= 15 is 0 Å². The molecule has 1 N–H and O–H groups in total. The number of halogens is 1. The fraction of sp³-hybridized carbons (Fsp3) is 0.526. The number of fused-ring (bicyclic) bond motifs is 1. The molecule has 11 heteroatoms. The van der Waals surface area contributed by atoms with E-state index in [0.29, 0.717) is 23.2 Å². The van der Waals surface area contributed by atoms with Crippen LogP contribution in [0.1, 0.15) is 49.4 Å². The molecule has 0 bridgehead atoms. The summed E-state index contributed by atoms with van der Waals surface area (Å²) in [6.07, 6.45) is 8.20. The molecule has 0 saturated heterocycles. The van der Waals surface area contributed by atoms with Gasteiger partial charge < -0.3 is 9.84 Å². The summed E-state index contributed by atoms with van der Waals surface area (Å²) in [5, 5.41) is 13.2. The van der Waals surface area contributed by atoms with Gasteiger partial charge in [0.2, 0.25) is 15.9 Å². The van der Waals surface area contributed by atoms with Crippen molar-refractivity contribution >= 4 is 31.9 Å². The van der Waals surface area contributed by atoms with E-state index in [1.165, 1.54) is 28.3 Å². The molecule has 1 fully saturated rings. The Bertz CT molecular complexity index is 1070. The van der Waals surface area contributed by atoms with E-state index in [1.54, 1.807) is 6.20 Å². The number of aromatic nitrogens is 3. The first-order chi connectivity index (χ1) is 14.3. The minimum Gasteiger partial charge on any atom is -0.480 e. The van der Waals surface area contributed by atoms with E-state index in [9.17, 15) is 13.2 Å². The first kappa shape index (κ1) is 21.3. The molecule has 0 aliphatic heterocycles. The van der Waals surface area contributed by atoms with E-state index in [0.717, 1.165) is 36.9 Å². The molecular weight excluding hydrogens is 476 g/mol. The van der Waals surface area contributed by atoms with E-state index in [-0.39, 0.29) is 17.5 Å². The lowest BCUT2D eigenvalue weighted by Crippen LogP contribution is -2.33. The van der Waals surface area contributed by atoms with Crippen LogP contribution in [0.15, 0.2) is 27.8 Å². The van der Waals surface area contributed by atoms with Crippen molar-refractivity contribution in [1.82, 2.24) is 19.1 Å². The number of hydrogen-bond donors (Lipinski definition) is 1. The van der Waals surface area contributed by atoms with Crippen LogP contribution in [0.4, 0.5) is 0 Å². The predicted octanol–water partition coefficient (Wildman–Crippen LogP) is 2.75. The van der Waals surface area contributed by atoms with Crippen LogP contribution in [0.2, 0.25) is 0 Å². The lowest BCUT2D eigenvalue weighted by atomic mass is 9.93. The van der Waals surface area contributed by atoms with Crippen molar-refractivity contribution in [2.24, 2.45) is 0 Å². The Kier molecular flexibility index (Phi) is 5.86. The fourth-order valence-electron chi connectivity index (χ4n) is 3.85. The van der Waals surface area contributed by atoms with Crippen molar-refractivity contribution in [3.63, 3.8) is 0 Å². The molecular formula is C19H23BrN4O5S. The van der Waals surface area contributed by atoms with Crippen molar-refractivity contribution in [1.29, 1.82) is 0 Å². The highest BCUT2D eigenvalue weighted by atomic mass is 79.9. The van der Waals surface area contributed by atoms with Crippen LogP contribution < -0.4 is 4.74 Å². The van der Waals surface area contributed by atoms with Crippen molar-refractivity contribution in [3.05, 3.63) is 34.2 Å². The van der Waals surface area contributed by atoms with Gasteiger partial charge in [-0.2, -0.15) is 9.40 Å². The minimum atomic E-state index is -3.82. The second-order valence-corrected chi connectivity index (χ2v) is 10.5. The summed E-state index contributed by atoms with van der Waals surface area (Å²) < 4.78 is 35.6. The summed E-state index contributed by atoms with van der Waals surface area (Å²) >= 11 is 3.38. The molecule has 1 saturated carbocycles. The number of nitrogens with zero attached hydrogens (tertiary/aromatic N) is 4. The van der Waals surface area contributed by atoms with Gasteiger partial charge in [-0.25, -0.2) is 13.4 Å². The maximum atomic E-state index is 13.3. The predicted molar refractivity (Wildman–Crippen MR) is 111 cm³/mol. The second kappa shape index (κ2) is 8.27. The Morgan fingerprint density at radius 3 is 2.73 bits per heavy atom. The van der Waals surface area contributed by atoms with Crippen LogP contribution in [0, 0.1) is 0 Å². The van der Waals surface area contributed by atoms with Gasteiger partial charge in [0.15, 0.2) is 0 Å². The molecule has 1 atom stereocenters. The van der Waals surface area contributed by atoms with Gasteiger partial charge in [0, 0.05) is 18.3 Å². The van der Waals surface area contributed by atoms with Crippen molar-refractivity contribution in [3.8, 4) is 5.88 Å². The van der Waals surface area contributed by atoms with Crippen molar-refractivity contribution < 1.29 is 23.1 Å². The quantitative estimate of drug-likeness (QED) is 0.623. The topological polar surface area (TPSA) is 115 Å². The van der Waals surface area contributed by atoms with E-state index in [1.807, 2.05) is 0 Å². The third-order valence-corrected chi connectivity index (χ3v) is 8.14. The summed E-state index contributed by atoms with van der Waals surface area (Å²) in [6.45, 7) is -0.238. The van der Waals surface area contributed by atoms with Gasteiger partial charge in [0.25, 0.3) is 0 Å². The second-order valence-electron chi connectivity index (χ2n) is 7.66. The summed E-state index contributed by atoms with van der Waals surface area (Å²) in [7, 11) is -2.28. The zero-order valence-corrected chi connectivity index (χ0v) is 18.9. The van der Waals surface area contributed by atoms with Gasteiger partial charge in [0.05, 0.1) is 22.9 Å². The highest BCUT2D eigenvalue weighted by molar-refractivity contribution is 9.10. The Morgan fingerprint density at radius 2 is 2.10 bits per heavy atom. The number of aliphatic carboxylic acids is 1. The average Bonchev–Trinajstić information content (AvgIpc) is 3.07. The van der Waals surface area contributed by atoms with Crippen LogP contribution in [-0.4, -0.2) is 51.7 Å². The summed E-state index contributed by atoms with van der Waals surface area (Å²) in [5.74, 6) is -0.583. The van der Waals surface area contributed by atoms with Gasteiger partial charge in [-0.15, -0.1) is 0 Å². The number of ether oxygens (including phenoxy) is 1. The molecule has 9 nitrogen and oxygen atoms in total. The first-order valence-electron chi connectivity index (χ1n) is 9.84. The lowest BCUT2D eigenvalue weighted by molar-refractivity contribution is -0.137. The zero-order valence-electron chi connectivity index (χ0n) is 16.5. The number of pyridine rings is 1. The van der Waals surface area contributed by atoms with Gasteiger partial charge in [-0.1, -0.05) is 0 Å². The lowest BCUT2D eigenvalue weighted by Gasteiger charge is -2.31. The molecule has 2 aliphatic carbocycles. The first-order valence-corrected chi connectivity index (χ1v) is 12.1. The summed E-state index contributed by atoms with van der Waals surface area (Å²) in [6, 6.07) is 1.11. The number of rotatable bonds is 7. The number of carboxylic acids is 1. The SMILES string of the molecule is CN(C1CCCc2c1cnn2CC(=O)O)S(=O)(=O)c1cnc(OC2CCC2)c(Br)c1. The number of hydrogen-bond acceptors (Lipinski definition) is 6. The van der Waals surface area contributed by atoms with Crippen LogP contribution in [0.3, 0.4) is 0 Å². The molecule has 2 heterocycles. The Hall–Kier alpha value is -1.98. The van der Waals surface area contributed by atoms with Crippen LogP contribution in [-0.2, 0) is 27.8 Å². The maximum absolute atomic E-state index is 13.3. The number of carboxylic acid groups (broad SMARTS) is 1. The molecule has 1 unspecified atom stereocenters. The fourth-order valence-corrected chi connectivity index (χ4v) is 5.79. The smallest absolute Gasteiger partial charge is 0.325 e. The van der Waals surface area contributed by atoms with E-state index in [4.69, 9.17) is 9.84 Å². The molecule has 162 valence electrons. The standard InChI is InChI=1S/C19H23BrN4O5S/c1-23(16-6-3-7-17-14(16)10-22-24(17)11-18(25)26)30(27,28)13-8-15(20)19(21-9-13)29-12-4-2-5-12/h8-10,12,16H,2-7,11H2,1H3,(H,25,26). The third-order valence-electron chi connectivity index (χ3n) is 5.74. The average molecular weight is 499 g/mol. The van der Waals surface area contributed by atoms with Gasteiger partial charge in [0.1, 0.15) is 17.5 Å². The molecule has 0 amide bonds. The highest BCUT2D eigenvalue weighted by Gasteiger charge is 2.35. The van der Waals surface area contributed by atoms with Gasteiger partial charge in [-0.3, -0.25) is 9.48 Å².